The third kappa shape index (κ3) is 22.6. The van der Waals surface area contributed by atoms with Crippen LogP contribution in [0.25, 0.3) is 0 Å². The number of nitrogens with one attached hydrogen (secondary N) is 6. The number of ether oxygens (including phenoxy) is 2. The molecule has 32 heteroatoms. The topological polar surface area (TPSA) is 377 Å². The summed E-state index contributed by atoms with van der Waals surface area (Å²) in [5.74, 6) is -4.57. The van der Waals surface area contributed by atoms with Crippen molar-refractivity contribution < 1.29 is 67.0 Å². The molecule has 0 radical (unpaired) electrons. The van der Waals surface area contributed by atoms with Gasteiger partial charge in [-0.15, -0.1) is 0 Å². The summed E-state index contributed by atoms with van der Waals surface area (Å²) in [6.45, 7) is 5.97. The van der Waals surface area contributed by atoms with Crippen molar-refractivity contribution in [3.63, 3.8) is 0 Å². The Kier molecular flexibility index (Phi) is 28.4. The van der Waals surface area contributed by atoms with E-state index >= 15 is 0 Å². The van der Waals surface area contributed by atoms with E-state index < -0.39 is 47.1 Å². The molecule has 0 saturated carbocycles. The minimum Gasteiger partial charge on any atom is -0.379 e. The van der Waals surface area contributed by atoms with Crippen molar-refractivity contribution in [1.82, 2.24) is 67.0 Å². The first-order valence-corrected chi connectivity index (χ1v) is 35.1. The molecule has 0 bridgehead atoms. The van der Waals surface area contributed by atoms with Crippen LogP contribution in [-0.4, -0.2) is 186 Å². The van der Waals surface area contributed by atoms with E-state index in [9.17, 15) is 57.5 Å². The molecule has 0 aliphatic rings. The van der Waals surface area contributed by atoms with Gasteiger partial charge in [-0.2, -0.15) is 0 Å². The van der Waals surface area contributed by atoms with Gasteiger partial charge in [0.25, 0.3) is 23.6 Å². The van der Waals surface area contributed by atoms with Gasteiger partial charge in [-0.1, -0.05) is 0 Å². The van der Waals surface area contributed by atoms with E-state index in [-0.39, 0.29) is 132 Å². The number of hydrogen-bond donors (Lipinski definition) is 6. The van der Waals surface area contributed by atoms with E-state index in [1.807, 2.05) is 21.0 Å². The number of nitrogens with zero attached hydrogens (tertiary/aromatic N) is 12. The van der Waals surface area contributed by atoms with Gasteiger partial charge < -0.3 is 82.8 Å². The Bertz CT molecular complexity index is 4560. The monoisotopic (exact) mass is 1460 g/mol. The number of anilines is 4. The number of unbranched alkanes of at least 4 members (excludes halogenated alkanes) is 2. The number of carbonyl (C=O) groups excluding carboxylic acids is 12. The van der Waals surface area contributed by atoms with Gasteiger partial charge in [-0.05, 0) is 113 Å². The highest BCUT2D eigenvalue weighted by molar-refractivity contribution is 6.07. The molecule has 0 spiro atoms. The van der Waals surface area contributed by atoms with Crippen LogP contribution in [0.1, 0.15) is 185 Å². The predicted molar refractivity (Wildman–Crippen MR) is 393 cm³/mol. The van der Waals surface area contributed by atoms with E-state index in [4.69, 9.17) is 9.47 Å². The molecule has 566 valence electrons. The zero-order valence-electron chi connectivity index (χ0n) is 62.3. The van der Waals surface area contributed by atoms with Crippen molar-refractivity contribution in [2.45, 2.75) is 110 Å². The Balaban J connectivity index is 0.852. The van der Waals surface area contributed by atoms with Gasteiger partial charge in [-0.3, -0.25) is 57.5 Å². The second-order valence-electron chi connectivity index (χ2n) is 26.8. The quantitative estimate of drug-likeness (QED) is 0.0192. The number of aryl methyl sites for hydroxylation is 8. The summed E-state index contributed by atoms with van der Waals surface area (Å²) in [7, 11) is 17.1. The second kappa shape index (κ2) is 37.4. The maximum atomic E-state index is 14.3. The SMILES string of the molecule is CCOCCOCCCC(=O)CCCCC(=O)N[C@H](CCNC(=O)c1cc(NC(=O)c2nc(NC(=O)c3nc(NC(=O)c4cc(NC(C)=O)cn4C)cn3C)cn2C)cn1C)C(=O)Cc1cn(C)c(C(=O)Cc2cc(C(=O)Cc3cc(C(=O)Cc4cc(C(=O)CCCCN(C)C)n(C)c4)n(C)c3)n(C)c2)n1. The van der Waals surface area contributed by atoms with Crippen LogP contribution < -0.4 is 31.9 Å². The number of imidazole rings is 3. The summed E-state index contributed by atoms with van der Waals surface area (Å²) in [5.41, 5.74) is 4.40. The maximum Gasteiger partial charge on any atom is 0.292 e. The van der Waals surface area contributed by atoms with Crippen LogP contribution in [0.15, 0.2) is 79.9 Å². The van der Waals surface area contributed by atoms with Crippen LogP contribution in [0.4, 0.5) is 23.0 Å². The highest BCUT2D eigenvalue weighted by Crippen LogP contribution is 2.23. The van der Waals surface area contributed by atoms with E-state index in [0.717, 1.165) is 19.4 Å². The average molecular weight is 1460 g/mol. The van der Waals surface area contributed by atoms with E-state index in [2.05, 4.69) is 51.8 Å². The lowest BCUT2D eigenvalue weighted by molar-refractivity contribution is -0.127. The van der Waals surface area contributed by atoms with Crippen LogP contribution in [0.2, 0.25) is 0 Å². The number of Topliss-reactive ketones (excluding diaryl/α,β-unsaturated/α-hetero) is 6. The largest absolute Gasteiger partial charge is 0.379 e. The maximum absolute atomic E-state index is 14.3. The Morgan fingerprint density at radius 1 is 0.443 bits per heavy atom. The Labute approximate surface area is 613 Å². The third-order valence-electron chi connectivity index (χ3n) is 17.5. The van der Waals surface area contributed by atoms with Crippen molar-refractivity contribution in [3.05, 3.63) is 148 Å². The molecule has 0 unspecified atom stereocenters. The second-order valence-corrected chi connectivity index (χ2v) is 26.8. The lowest BCUT2D eigenvalue weighted by atomic mass is 10.0. The number of hydrogen-bond acceptors (Lipinski definition) is 18. The average Bonchev–Trinajstić information content (AvgIpc) is 1.68. The van der Waals surface area contributed by atoms with Gasteiger partial charge in [0, 0.05) is 178 Å². The molecule has 1 atom stereocenters. The molecule has 6 amide bonds. The van der Waals surface area contributed by atoms with Crippen LogP contribution in [0.3, 0.4) is 0 Å². The van der Waals surface area contributed by atoms with E-state index in [1.165, 1.54) is 67.5 Å². The smallest absolute Gasteiger partial charge is 0.292 e. The van der Waals surface area contributed by atoms with Crippen LogP contribution in [-0.2, 0) is 111 Å². The molecule has 106 heavy (non-hydrogen) atoms. The summed E-state index contributed by atoms with van der Waals surface area (Å²) in [6, 6.07) is 6.89. The molecule has 32 nitrogen and oxygen atoms in total. The Morgan fingerprint density at radius 2 is 0.925 bits per heavy atom. The van der Waals surface area contributed by atoms with Crippen LogP contribution in [0.5, 0.6) is 0 Å². The third-order valence-corrected chi connectivity index (χ3v) is 17.5. The van der Waals surface area contributed by atoms with Gasteiger partial charge >= 0.3 is 0 Å². The number of aromatic nitrogens is 11. The summed E-state index contributed by atoms with van der Waals surface area (Å²) in [5, 5.41) is 16.2. The molecule has 0 aliphatic heterocycles. The van der Waals surface area contributed by atoms with Crippen molar-refractivity contribution >= 4 is 93.2 Å². The molecule has 0 fully saturated rings. The van der Waals surface area contributed by atoms with Crippen molar-refractivity contribution in [1.29, 1.82) is 0 Å². The van der Waals surface area contributed by atoms with E-state index in [1.54, 1.807) is 112 Å². The van der Waals surface area contributed by atoms with Crippen LogP contribution >= 0.6 is 0 Å². The molecule has 0 aromatic carbocycles. The van der Waals surface area contributed by atoms with Gasteiger partial charge in [0.15, 0.2) is 40.6 Å². The molecule has 8 aromatic heterocycles. The lowest BCUT2D eigenvalue weighted by Gasteiger charge is -2.18. The molecule has 8 rings (SSSR count). The van der Waals surface area contributed by atoms with Gasteiger partial charge in [0.2, 0.25) is 29.2 Å². The lowest BCUT2D eigenvalue weighted by Crippen LogP contribution is -2.44. The zero-order valence-corrected chi connectivity index (χ0v) is 62.3. The predicted octanol–water partition coefficient (Wildman–Crippen LogP) is 5.87. The number of ketones is 6. The fourth-order valence-electron chi connectivity index (χ4n) is 12.3. The minimum absolute atomic E-state index is 0.00183. The molecular weight excluding hydrogens is 1360 g/mol. The summed E-state index contributed by atoms with van der Waals surface area (Å²) < 4.78 is 23.1. The minimum atomic E-state index is -1.13. The fraction of sp³-hybridized carbons (Fsp3) is 0.446. The zero-order chi connectivity index (χ0) is 77.1. The molecule has 6 N–H and O–H groups in total. The van der Waals surface area contributed by atoms with Crippen LogP contribution in [0, 0.1) is 0 Å². The highest BCUT2D eigenvalue weighted by Gasteiger charge is 2.28. The van der Waals surface area contributed by atoms with Gasteiger partial charge in [0.05, 0.1) is 59.8 Å². The molecule has 0 aliphatic carbocycles. The Hall–Kier alpha value is -11.3. The van der Waals surface area contributed by atoms with Crippen molar-refractivity contribution in [2.24, 2.45) is 56.4 Å². The van der Waals surface area contributed by atoms with Crippen molar-refractivity contribution in [2.75, 3.05) is 74.9 Å². The molecular formula is C74H96N18O14. The fourth-order valence-corrected chi connectivity index (χ4v) is 12.3. The van der Waals surface area contributed by atoms with Gasteiger partial charge in [-0.25, -0.2) is 15.0 Å². The van der Waals surface area contributed by atoms with E-state index in [0.29, 0.717) is 98.0 Å². The summed E-state index contributed by atoms with van der Waals surface area (Å²) >= 11 is 0. The highest BCUT2D eigenvalue weighted by atomic mass is 16.5. The summed E-state index contributed by atoms with van der Waals surface area (Å²) in [4.78, 5) is 176. The first-order valence-electron chi connectivity index (χ1n) is 35.1. The van der Waals surface area contributed by atoms with Crippen molar-refractivity contribution in [3.8, 4) is 0 Å². The number of amides is 6. The molecule has 0 saturated heterocycles. The Morgan fingerprint density at radius 3 is 1.49 bits per heavy atom. The number of rotatable bonds is 43. The number of carbonyl (C=O) groups is 12. The van der Waals surface area contributed by atoms with Gasteiger partial charge in [0.1, 0.15) is 17.2 Å². The summed E-state index contributed by atoms with van der Waals surface area (Å²) in [6.07, 6.45) is 16.3. The first-order chi connectivity index (χ1) is 50.4. The normalized spacial score (nSPS) is 11.6. The molecule has 8 heterocycles. The first kappa shape index (κ1) is 80.4. The molecule has 8 aromatic rings. The standard InChI is InChI=1S/C74H96N18O14/c1-13-105-27-28-106-26-18-20-53(94)19-14-15-22-67(100)79-54(23-24-75-71(101)58-36-51(42-88(58)8)78-73(103)69-81-66(45-91(69)11)83-74(104)70-80-65(44-92(70)12)82-72(102)59-35-50(41-89(59)9)76-46(2)93)61(96)37-52-43-90(10)68(77-52)64(99)34-49-31-57(87(7)40-49)63(98)33-48-30-56(86(6)39-48)62(97)32-47-29-55(85(5)38-47)60(95)21-16-17-25-84(3)4/h29-31,35-36,38-45,54H,13-28,32-34,37H2,1-12H3,(H,75,101)(H,76,93)(H,78,103)(H,79,100)(H,82,102)(H,83,104)/t54-/m1/s1.